The van der Waals surface area contributed by atoms with Gasteiger partial charge in [-0.15, -0.1) is 11.3 Å². The van der Waals surface area contributed by atoms with Gasteiger partial charge >= 0.3 is 0 Å². The van der Waals surface area contributed by atoms with E-state index < -0.39 is 5.82 Å². The molecule has 1 aromatic carbocycles. The fraction of sp³-hybridized carbons (Fsp3) is 0.333. The van der Waals surface area contributed by atoms with Crippen LogP contribution >= 0.6 is 38.9 Å². The van der Waals surface area contributed by atoms with E-state index in [2.05, 4.69) is 33.0 Å². The number of morpholine rings is 1. The molecule has 0 aliphatic carbocycles. The molecule has 0 N–H and O–H groups in total. The molecule has 1 saturated heterocycles. The highest BCUT2D eigenvalue weighted by molar-refractivity contribution is 9.11. The van der Waals surface area contributed by atoms with Crippen LogP contribution in [-0.2, 0) is 11.3 Å². The molecule has 21 heavy (non-hydrogen) atoms. The van der Waals surface area contributed by atoms with E-state index >= 15 is 0 Å². The Kier molecular flexibility index (Phi) is 4.96. The maximum atomic E-state index is 13.2. The van der Waals surface area contributed by atoms with E-state index in [9.17, 15) is 4.39 Å². The summed E-state index contributed by atoms with van der Waals surface area (Å²) in [6.07, 6.45) is -0.0553. The van der Waals surface area contributed by atoms with Gasteiger partial charge < -0.3 is 4.74 Å². The maximum Gasteiger partial charge on any atom is 0.141 e. The van der Waals surface area contributed by atoms with Crippen LogP contribution in [0, 0.1) is 5.82 Å². The van der Waals surface area contributed by atoms with Crippen molar-refractivity contribution in [1.29, 1.82) is 0 Å². The average molecular weight is 391 g/mol. The first kappa shape index (κ1) is 15.4. The van der Waals surface area contributed by atoms with Gasteiger partial charge in [0.1, 0.15) is 5.82 Å². The van der Waals surface area contributed by atoms with Crippen LogP contribution in [-0.4, -0.2) is 24.6 Å². The van der Waals surface area contributed by atoms with E-state index in [1.807, 2.05) is 0 Å². The summed E-state index contributed by atoms with van der Waals surface area (Å²) in [5.41, 5.74) is 0.929. The molecule has 1 aromatic heterocycles. The smallest absolute Gasteiger partial charge is 0.141 e. The molecule has 1 atom stereocenters. The molecule has 1 unspecified atom stereocenters. The molecule has 0 radical (unpaired) electrons. The Morgan fingerprint density at radius 1 is 1.38 bits per heavy atom. The second-order valence-corrected chi connectivity index (χ2v) is 7.93. The zero-order valence-corrected chi connectivity index (χ0v) is 14.3. The fourth-order valence-electron chi connectivity index (χ4n) is 2.42. The number of hydrogen-bond donors (Lipinski definition) is 0. The molecule has 3 rings (SSSR count). The first-order chi connectivity index (χ1) is 10.1. The van der Waals surface area contributed by atoms with Gasteiger partial charge in [0.15, 0.2) is 0 Å². The van der Waals surface area contributed by atoms with Gasteiger partial charge in [0, 0.05) is 24.5 Å². The van der Waals surface area contributed by atoms with Crippen LogP contribution in [0.4, 0.5) is 4.39 Å². The number of benzene rings is 1. The molecule has 1 aliphatic heterocycles. The Hall–Kier alpha value is -0.460. The monoisotopic (exact) mass is 389 g/mol. The predicted octanol–water partition coefficient (Wildman–Crippen LogP) is 4.88. The molecular weight excluding hydrogens is 377 g/mol. The third-order valence-electron chi connectivity index (χ3n) is 3.47. The zero-order chi connectivity index (χ0) is 14.8. The Labute approximate surface area is 140 Å². The molecule has 0 amide bonds. The lowest BCUT2D eigenvalue weighted by atomic mass is 10.1. The second kappa shape index (κ2) is 6.75. The Morgan fingerprint density at radius 2 is 2.24 bits per heavy atom. The van der Waals surface area contributed by atoms with Gasteiger partial charge in [0.2, 0.25) is 0 Å². The largest absolute Gasteiger partial charge is 0.371 e. The lowest BCUT2D eigenvalue weighted by Crippen LogP contribution is -2.37. The van der Waals surface area contributed by atoms with Crippen molar-refractivity contribution in [2.24, 2.45) is 0 Å². The van der Waals surface area contributed by atoms with E-state index in [4.69, 9.17) is 16.3 Å². The molecule has 2 nitrogen and oxygen atoms in total. The van der Waals surface area contributed by atoms with E-state index in [-0.39, 0.29) is 11.1 Å². The third kappa shape index (κ3) is 3.85. The van der Waals surface area contributed by atoms with E-state index in [0.29, 0.717) is 6.61 Å². The lowest BCUT2D eigenvalue weighted by Gasteiger charge is -2.33. The van der Waals surface area contributed by atoms with Gasteiger partial charge in [0.05, 0.1) is 21.5 Å². The van der Waals surface area contributed by atoms with Gasteiger partial charge in [-0.2, -0.15) is 0 Å². The molecule has 6 heteroatoms. The van der Waals surface area contributed by atoms with Crippen LogP contribution in [0.2, 0.25) is 5.02 Å². The Balaban J connectivity index is 1.68. The number of ether oxygens (including phenoxy) is 1. The molecule has 1 fully saturated rings. The summed E-state index contributed by atoms with van der Waals surface area (Å²) in [5.74, 6) is -0.392. The van der Waals surface area contributed by atoms with Crippen molar-refractivity contribution in [2.75, 3.05) is 19.7 Å². The van der Waals surface area contributed by atoms with Crippen molar-refractivity contribution in [2.45, 2.75) is 12.6 Å². The molecule has 0 spiro atoms. The van der Waals surface area contributed by atoms with Crippen molar-refractivity contribution in [1.82, 2.24) is 4.90 Å². The van der Waals surface area contributed by atoms with Crippen LogP contribution < -0.4 is 0 Å². The van der Waals surface area contributed by atoms with E-state index in [1.54, 1.807) is 23.5 Å². The minimum Gasteiger partial charge on any atom is -0.371 e. The second-order valence-electron chi connectivity index (χ2n) is 4.97. The van der Waals surface area contributed by atoms with Gasteiger partial charge in [-0.3, -0.25) is 4.90 Å². The summed E-state index contributed by atoms with van der Waals surface area (Å²) in [6.45, 7) is 3.27. The van der Waals surface area contributed by atoms with Gasteiger partial charge in [-0.05, 0) is 45.8 Å². The molecule has 112 valence electrons. The molecule has 0 bridgehead atoms. The van der Waals surface area contributed by atoms with Gasteiger partial charge in [0.25, 0.3) is 0 Å². The summed E-state index contributed by atoms with van der Waals surface area (Å²) >= 11 is 11.1. The van der Waals surface area contributed by atoms with E-state index in [0.717, 1.165) is 29.0 Å². The number of nitrogens with zero attached hydrogens (tertiary/aromatic N) is 1. The first-order valence-corrected chi connectivity index (χ1v) is 8.63. The topological polar surface area (TPSA) is 12.5 Å². The highest BCUT2D eigenvalue weighted by atomic mass is 79.9. The number of halogens is 3. The van der Waals surface area contributed by atoms with Crippen molar-refractivity contribution >= 4 is 38.9 Å². The summed E-state index contributed by atoms with van der Waals surface area (Å²) in [4.78, 5) is 3.67. The highest BCUT2D eigenvalue weighted by Gasteiger charge is 2.23. The van der Waals surface area contributed by atoms with Crippen LogP contribution in [0.1, 0.15) is 16.5 Å². The third-order valence-corrected chi connectivity index (χ3v) is 5.37. The van der Waals surface area contributed by atoms with Gasteiger partial charge in [-0.25, -0.2) is 4.39 Å². The lowest BCUT2D eigenvalue weighted by molar-refractivity contribution is -0.0326. The molecule has 1 aliphatic rings. The van der Waals surface area contributed by atoms with Gasteiger partial charge in [-0.1, -0.05) is 17.7 Å². The quantitative estimate of drug-likeness (QED) is 0.741. The Bertz CT molecular complexity index is 636. The predicted molar refractivity (Wildman–Crippen MR) is 87.4 cm³/mol. The summed E-state index contributed by atoms with van der Waals surface area (Å²) in [5, 5.41) is 0.149. The van der Waals surface area contributed by atoms with Crippen LogP contribution in [0.3, 0.4) is 0 Å². The van der Waals surface area contributed by atoms with Crippen LogP contribution in [0.15, 0.2) is 34.1 Å². The molecule has 2 heterocycles. The standard InChI is InChI=1S/C15H14BrClFNOS/c16-15-4-2-11(21-15)8-19-5-6-20-14(9-19)10-1-3-13(18)12(17)7-10/h1-4,7,14H,5-6,8-9H2. The maximum absolute atomic E-state index is 13.2. The van der Waals surface area contributed by atoms with Crippen molar-refractivity contribution in [3.05, 3.63) is 55.4 Å². The first-order valence-electron chi connectivity index (χ1n) is 6.65. The number of hydrogen-bond acceptors (Lipinski definition) is 3. The SMILES string of the molecule is Fc1ccc(C2CN(Cc3ccc(Br)s3)CCO2)cc1Cl. The van der Waals surface area contributed by atoms with Crippen molar-refractivity contribution in [3.63, 3.8) is 0 Å². The zero-order valence-electron chi connectivity index (χ0n) is 11.2. The minimum absolute atomic E-state index is 0.0553. The van der Waals surface area contributed by atoms with Crippen molar-refractivity contribution in [3.8, 4) is 0 Å². The van der Waals surface area contributed by atoms with E-state index in [1.165, 1.54) is 10.9 Å². The normalized spacial score (nSPS) is 19.9. The highest BCUT2D eigenvalue weighted by Crippen LogP contribution is 2.28. The summed E-state index contributed by atoms with van der Waals surface area (Å²) < 4.78 is 20.2. The summed E-state index contributed by atoms with van der Waals surface area (Å²) in [7, 11) is 0. The fourth-order valence-corrected chi connectivity index (χ4v) is 4.13. The molecular formula is C15H14BrClFNOS. The molecule has 2 aromatic rings. The summed E-state index contributed by atoms with van der Waals surface area (Å²) in [6, 6.07) is 9.01. The Morgan fingerprint density at radius 3 is 2.95 bits per heavy atom. The number of thiophene rings is 1. The van der Waals surface area contributed by atoms with Crippen LogP contribution in [0.5, 0.6) is 0 Å². The van der Waals surface area contributed by atoms with Crippen molar-refractivity contribution < 1.29 is 9.13 Å². The molecule has 0 saturated carbocycles. The minimum atomic E-state index is -0.392. The average Bonchev–Trinajstić information content (AvgIpc) is 2.87. The van der Waals surface area contributed by atoms with Crippen LogP contribution in [0.25, 0.3) is 0 Å². The number of rotatable bonds is 3.